The molecule has 0 aliphatic rings. The van der Waals surface area contributed by atoms with Gasteiger partial charge in [0.15, 0.2) is 0 Å². The number of benzene rings is 1. The molecule has 102 valence electrons. The second-order valence-corrected chi connectivity index (χ2v) is 5.26. The van der Waals surface area contributed by atoms with Crippen LogP contribution < -0.4 is 10.6 Å². The van der Waals surface area contributed by atoms with E-state index in [2.05, 4.69) is 31.9 Å². The summed E-state index contributed by atoms with van der Waals surface area (Å²) in [6, 6.07) is 11.8. The van der Waals surface area contributed by atoms with Gasteiger partial charge < -0.3 is 10.6 Å². The van der Waals surface area contributed by atoms with Gasteiger partial charge in [-0.1, -0.05) is 6.07 Å². The predicted octanol–water partition coefficient (Wildman–Crippen LogP) is 3.35. The standard InChI is InChI=1S/C15H15BrN4/c16-14-9-13(18)4-5-15(14)20(8-2-6-17)11-12-3-1-7-19-10-12/h1,3-5,7,9-10H,2,8,11,18H2. The molecule has 2 N–H and O–H groups in total. The van der Waals surface area contributed by atoms with Gasteiger partial charge in [0.25, 0.3) is 0 Å². The van der Waals surface area contributed by atoms with Crippen molar-refractivity contribution in [3.63, 3.8) is 0 Å². The number of anilines is 2. The van der Waals surface area contributed by atoms with Crippen molar-refractivity contribution in [3.05, 3.63) is 52.8 Å². The lowest BCUT2D eigenvalue weighted by molar-refractivity contribution is 0.793. The number of nitrogen functional groups attached to an aromatic ring is 1. The van der Waals surface area contributed by atoms with Crippen LogP contribution in [0.15, 0.2) is 47.2 Å². The first kappa shape index (κ1) is 14.4. The molecule has 4 nitrogen and oxygen atoms in total. The molecule has 0 unspecified atom stereocenters. The molecule has 20 heavy (non-hydrogen) atoms. The molecule has 0 spiro atoms. The Morgan fingerprint density at radius 3 is 2.85 bits per heavy atom. The van der Waals surface area contributed by atoms with Gasteiger partial charge in [-0.15, -0.1) is 0 Å². The maximum Gasteiger partial charge on any atom is 0.0640 e. The zero-order valence-electron chi connectivity index (χ0n) is 11.0. The maximum atomic E-state index is 8.82. The van der Waals surface area contributed by atoms with Crippen LogP contribution in [0.2, 0.25) is 0 Å². The molecule has 0 fully saturated rings. The van der Waals surface area contributed by atoms with Gasteiger partial charge >= 0.3 is 0 Å². The molecular formula is C15H15BrN4. The molecule has 2 aromatic rings. The number of nitriles is 1. The monoisotopic (exact) mass is 330 g/mol. The lowest BCUT2D eigenvalue weighted by Gasteiger charge is -2.25. The van der Waals surface area contributed by atoms with Gasteiger partial charge in [0.2, 0.25) is 0 Å². The first-order valence-electron chi connectivity index (χ1n) is 6.26. The maximum absolute atomic E-state index is 8.82. The molecule has 0 amide bonds. The van der Waals surface area contributed by atoms with Crippen LogP contribution >= 0.6 is 15.9 Å². The van der Waals surface area contributed by atoms with E-state index >= 15 is 0 Å². The Morgan fingerprint density at radius 1 is 1.35 bits per heavy atom. The topological polar surface area (TPSA) is 65.9 Å². The summed E-state index contributed by atoms with van der Waals surface area (Å²) in [7, 11) is 0. The Hall–Kier alpha value is -2.06. The summed E-state index contributed by atoms with van der Waals surface area (Å²) in [6.45, 7) is 1.37. The van der Waals surface area contributed by atoms with Crippen LogP contribution in [0.4, 0.5) is 11.4 Å². The van der Waals surface area contributed by atoms with Crippen molar-refractivity contribution in [2.24, 2.45) is 0 Å². The molecule has 2 rings (SSSR count). The largest absolute Gasteiger partial charge is 0.399 e. The molecule has 0 radical (unpaired) electrons. The van der Waals surface area contributed by atoms with Crippen molar-refractivity contribution in [1.82, 2.24) is 4.98 Å². The smallest absolute Gasteiger partial charge is 0.0640 e. The third-order valence-corrected chi connectivity index (χ3v) is 3.54. The number of hydrogen-bond acceptors (Lipinski definition) is 4. The van der Waals surface area contributed by atoms with E-state index in [9.17, 15) is 0 Å². The number of nitrogens with zero attached hydrogens (tertiary/aromatic N) is 3. The van der Waals surface area contributed by atoms with E-state index in [0.29, 0.717) is 25.2 Å². The lowest BCUT2D eigenvalue weighted by atomic mass is 10.2. The number of nitrogens with two attached hydrogens (primary N) is 1. The zero-order valence-corrected chi connectivity index (χ0v) is 12.5. The lowest BCUT2D eigenvalue weighted by Crippen LogP contribution is -2.24. The van der Waals surface area contributed by atoms with Crippen molar-refractivity contribution in [1.29, 1.82) is 5.26 Å². The molecule has 0 aliphatic carbocycles. The van der Waals surface area contributed by atoms with Crippen LogP contribution in [0.25, 0.3) is 0 Å². The molecule has 1 heterocycles. The van der Waals surface area contributed by atoms with Gasteiger partial charge in [0, 0.05) is 35.6 Å². The summed E-state index contributed by atoms with van der Waals surface area (Å²) in [6.07, 6.45) is 4.06. The second kappa shape index (κ2) is 6.92. The highest BCUT2D eigenvalue weighted by atomic mass is 79.9. The Kier molecular flexibility index (Phi) is 4.97. The van der Waals surface area contributed by atoms with Gasteiger partial charge in [-0.3, -0.25) is 4.98 Å². The minimum atomic E-state index is 0.469. The van der Waals surface area contributed by atoms with Crippen LogP contribution in [0, 0.1) is 11.3 Å². The van der Waals surface area contributed by atoms with E-state index in [0.717, 1.165) is 15.7 Å². The van der Waals surface area contributed by atoms with Crippen molar-refractivity contribution in [3.8, 4) is 6.07 Å². The summed E-state index contributed by atoms with van der Waals surface area (Å²) in [4.78, 5) is 6.27. The van der Waals surface area contributed by atoms with E-state index in [4.69, 9.17) is 11.0 Å². The van der Waals surface area contributed by atoms with Crippen molar-refractivity contribution in [2.45, 2.75) is 13.0 Å². The van der Waals surface area contributed by atoms with Gasteiger partial charge in [0.1, 0.15) is 0 Å². The van der Waals surface area contributed by atoms with Crippen molar-refractivity contribution < 1.29 is 0 Å². The summed E-state index contributed by atoms with van der Waals surface area (Å²) < 4.78 is 0.930. The molecule has 0 atom stereocenters. The molecule has 0 aliphatic heterocycles. The summed E-state index contributed by atoms with van der Waals surface area (Å²) in [5.74, 6) is 0. The average molecular weight is 331 g/mol. The SMILES string of the molecule is N#CCCN(Cc1cccnc1)c1ccc(N)cc1Br. The average Bonchev–Trinajstić information content (AvgIpc) is 2.45. The first-order chi connectivity index (χ1) is 9.70. The van der Waals surface area contributed by atoms with Gasteiger partial charge in [0.05, 0.1) is 18.2 Å². The van der Waals surface area contributed by atoms with Gasteiger partial charge in [-0.2, -0.15) is 5.26 Å². The number of aromatic nitrogens is 1. The highest BCUT2D eigenvalue weighted by Crippen LogP contribution is 2.29. The van der Waals surface area contributed by atoms with Crippen LogP contribution in [0.3, 0.4) is 0 Å². The van der Waals surface area contributed by atoms with Crippen molar-refractivity contribution in [2.75, 3.05) is 17.2 Å². The Morgan fingerprint density at radius 2 is 2.20 bits per heavy atom. The van der Waals surface area contributed by atoms with E-state index < -0.39 is 0 Å². The molecule has 5 heteroatoms. The fourth-order valence-corrected chi connectivity index (χ4v) is 2.61. The second-order valence-electron chi connectivity index (χ2n) is 4.40. The fourth-order valence-electron chi connectivity index (χ4n) is 1.96. The quantitative estimate of drug-likeness (QED) is 0.854. The Bertz CT molecular complexity index is 607. The van der Waals surface area contributed by atoms with Gasteiger partial charge in [-0.25, -0.2) is 0 Å². The first-order valence-corrected chi connectivity index (χ1v) is 7.06. The third-order valence-electron chi connectivity index (χ3n) is 2.90. The molecule has 0 saturated heterocycles. The minimum absolute atomic E-state index is 0.469. The fraction of sp³-hybridized carbons (Fsp3) is 0.200. The number of halogens is 1. The van der Waals surface area contributed by atoms with Crippen LogP contribution in [-0.4, -0.2) is 11.5 Å². The Labute approximate surface area is 127 Å². The van der Waals surface area contributed by atoms with Gasteiger partial charge in [-0.05, 0) is 45.8 Å². The van der Waals surface area contributed by atoms with Crippen LogP contribution in [0.5, 0.6) is 0 Å². The van der Waals surface area contributed by atoms with E-state index in [1.165, 1.54) is 0 Å². The zero-order chi connectivity index (χ0) is 14.4. The molecule has 0 bridgehead atoms. The Balaban J connectivity index is 2.25. The molecular weight excluding hydrogens is 316 g/mol. The molecule has 1 aromatic carbocycles. The summed E-state index contributed by atoms with van der Waals surface area (Å²) >= 11 is 3.53. The highest BCUT2D eigenvalue weighted by Gasteiger charge is 2.11. The van der Waals surface area contributed by atoms with Crippen molar-refractivity contribution >= 4 is 27.3 Å². The normalized spacial score (nSPS) is 10.0. The van der Waals surface area contributed by atoms with E-state index in [1.54, 1.807) is 6.20 Å². The van der Waals surface area contributed by atoms with Crippen LogP contribution in [-0.2, 0) is 6.54 Å². The molecule has 0 saturated carbocycles. The van der Waals surface area contributed by atoms with Crippen LogP contribution in [0.1, 0.15) is 12.0 Å². The summed E-state index contributed by atoms with van der Waals surface area (Å²) in [5, 5.41) is 8.82. The van der Waals surface area contributed by atoms with E-state index in [-0.39, 0.29) is 0 Å². The number of rotatable bonds is 5. The molecule has 1 aromatic heterocycles. The summed E-state index contributed by atoms with van der Waals surface area (Å²) in [5.41, 5.74) is 8.61. The number of pyridine rings is 1. The predicted molar refractivity (Wildman–Crippen MR) is 84.1 cm³/mol. The van der Waals surface area contributed by atoms with E-state index in [1.807, 2.05) is 36.5 Å². The number of hydrogen-bond donors (Lipinski definition) is 1. The minimum Gasteiger partial charge on any atom is -0.399 e. The highest BCUT2D eigenvalue weighted by molar-refractivity contribution is 9.10. The third kappa shape index (κ3) is 3.72.